The average molecular weight is 139 g/mol. The van der Waals surface area contributed by atoms with E-state index >= 15 is 0 Å². The van der Waals surface area contributed by atoms with E-state index < -0.39 is 0 Å². The molecule has 0 atom stereocenters. The topological polar surface area (TPSA) is 0 Å². The Kier molecular flexibility index (Phi) is 3.86. The zero-order valence-electron chi connectivity index (χ0n) is 7.10. The molecular weight excluding hydrogens is 120 g/mol. The first-order chi connectivity index (χ1) is 4.93. The van der Waals surface area contributed by atoms with Crippen LogP contribution in [0.15, 0.2) is 0 Å². The molecule has 0 heterocycles. The molecule has 0 bridgehead atoms. The summed E-state index contributed by atoms with van der Waals surface area (Å²) in [5.74, 6) is 0.945. The van der Waals surface area contributed by atoms with Crippen molar-refractivity contribution in [2.24, 2.45) is 5.92 Å². The number of rotatable bonds is 1. The van der Waals surface area contributed by atoms with Gasteiger partial charge in [-0.15, -0.1) is 0 Å². The molecule has 0 aliphatic heterocycles. The molecule has 1 radical (unpaired) electrons. The molecule has 0 unspecified atom stereocenters. The highest BCUT2D eigenvalue weighted by atomic mass is 14.1. The lowest BCUT2D eigenvalue weighted by Crippen LogP contribution is -2.02. The van der Waals surface area contributed by atoms with Crippen molar-refractivity contribution >= 4 is 0 Å². The van der Waals surface area contributed by atoms with Gasteiger partial charge in [0.1, 0.15) is 0 Å². The van der Waals surface area contributed by atoms with E-state index in [-0.39, 0.29) is 0 Å². The van der Waals surface area contributed by atoms with Crippen molar-refractivity contribution in [3.63, 3.8) is 0 Å². The molecule has 1 saturated carbocycles. The van der Waals surface area contributed by atoms with Gasteiger partial charge in [0.15, 0.2) is 0 Å². The Balaban J connectivity index is 2.16. The van der Waals surface area contributed by atoms with Gasteiger partial charge in [-0.2, -0.15) is 0 Å². The molecule has 0 N–H and O–H groups in total. The highest BCUT2D eigenvalue weighted by molar-refractivity contribution is 4.72. The number of hydrogen-bond acceptors (Lipinski definition) is 0. The summed E-state index contributed by atoms with van der Waals surface area (Å²) in [5.41, 5.74) is 0. The van der Waals surface area contributed by atoms with Crippen molar-refractivity contribution in [1.82, 2.24) is 0 Å². The monoisotopic (exact) mass is 139 g/mol. The van der Waals surface area contributed by atoms with Crippen LogP contribution in [0.5, 0.6) is 0 Å². The lowest BCUT2D eigenvalue weighted by Gasteiger charge is -2.16. The molecule has 1 rings (SSSR count). The van der Waals surface area contributed by atoms with Crippen LogP contribution >= 0.6 is 0 Å². The summed E-state index contributed by atoms with van der Waals surface area (Å²) < 4.78 is 0. The van der Waals surface area contributed by atoms with Gasteiger partial charge in [-0.25, -0.2) is 0 Å². The predicted molar refractivity (Wildman–Crippen MR) is 45.8 cm³/mol. The average Bonchev–Trinajstić information content (AvgIpc) is 1.87. The molecule has 0 nitrogen and oxygen atoms in total. The first-order valence-corrected chi connectivity index (χ1v) is 4.73. The van der Waals surface area contributed by atoms with Gasteiger partial charge < -0.3 is 0 Å². The van der Waals surface area contributed by atoms with Gasteiger partial charge in [0.05, 0.1) is 0 Å². The third kappa shape index (κ3) is 2.72. The quantitative estimate of drug-likeness (QED) is 0.521. The van der Waals surface area contributed by atoms with Gasteiger partial charge in [-0.3, -0.25) is 0 Å². The fourth-order valence-corrected chi connectivity index (χ4v) is 1.82. The van der Waals surface area contributed by atoms with E-state index in [2.05, 4.69) is 13.3 Å². The van der Waals surface area contributed by atoms with Gasteiger partial charge in [0.25, 0.3) is 0 Å². The largest absolute Gasteiger partial charge is 0.0620 e. The summed E-state index contributed by atoms with van der Waals surface area (Å²) in [7, 11) is 0. The predicted octanol–water partition coefficient (Wildman–Crippen LogP) is 3.57. The minimum absolute atomic E-state index is 0.945. The van der Waals surface area contributed by atoms with Crippen LogP contribution in [0.25, 0.3) is 0 Å². The summed E-state index contributed by atoms with van der Waals surface area (Å²) in [6.45, 7) is 2.21. The fourth-order valence-electron chi connectivity index (χ4n) is 1.82. The molecule has 0 amide bonds. The maximum atomic E-state index is 2.39. The molecule has 1 aliphatic rings. The minimum Gasteiger partial charge on any atom is -0.0620 e. The third-order valence-corrected chi connectivity index (χ3v) is 2.62. The van der Waals surface area contributed by atoms with Crippen LogP contribution in [0, 0.1) is 12.3 Å². The number of hydrogen-bond donors (Lipinski definition) is 0. The van der Waals surface area contributed by atoms with Crippen LogP contribution in [0.3, 0.4) is 0 Å². The molecule has 59 valence electrons. The van der Waals surface area contributed by atoms with Gasteiger partial charge in [0.2, 0.25) is 0 Å². The summed E-state index contributed by atoms with van der Waals surface area (Å²) in [4.78, 5) is 0. The first kappa shape index (κ1) is 8.10. The summed E-state index contributed by atoms with van der Waals surface area (Å²) in [6.07, 6.45) is 12.7. The van der Waals surface area contributed by atoms with Crippen LogP contribution in [-0.2, 0) is 0 Å². The molecule has 0 aromatic rings. The van der Waals surface area contributed by atoms with E-state index in [1.807, 2.05) is 0 Å². The summed E-state index contributed by atoms with van der Waals surface area (Å²) in [6, 6.07) is 0. The zero-order chi connectivity index (χ0) is 7.23. The first-order valence-electron chi connectivity index (χ1n) is 4.73. The van der Waals surface area contributed by atoms with Crippen LogP contribution in [0.2, 0.25) is 0 Å². The molecule has 10 heavy (non-hydrogen) atoms. The molecule has 0 aromatic carbocycles. The van der Waals surface area contributed by atoms with Crippen molar-refractivity contribution in [1.29, 1.82) is 0 Å². The zero-order valence-corrected chi connectivity index (χ0v) is 7.10. The van der Waals surface area contributed by atoms with E-state index in [0.717, 1.165) is 5.92 Å². The van der Waals surface area contributed by atoms with Crippen LogP contribution in [0.1, 0.15) is 51.9 Å². The molecule has 0 spiro atoms. The minimum atomic E-state index is 0.945. The summed E-state index contributed by atoms with van der Waals surface area (Å²) in [5, 5.41) is 0. The SMILES string of the molecule is C[CH]C1CCCCCCC1. The molecule has 1 aliphatic carbocycles. The standard InChI is InChI=1S/C10H19/c1-2-10-8-6-4-3-5-7-9-10/h2,10H,3-9H2,1H3. The van der Waals surface area contributed by atoms with E-state index in [4.69, 9.17) is 0 Å². The smallest absolute Gasteiger partial charge is 0.0386 e. The second-order valence-corrected chi connectivity index (χ2v) is 3.44. The fraction of sp³-hybridized carbons (Fsp3) is 0.900. The van der Waals surface area contributed by atoms with E-state index in [1.165, 1.54) is 44.9 Å². The Bertz CT molecular complexity index is 68.1. The van der Waals surface area contributed by atoms with E-state index in [0.29, 0.717) is 0 Å². The second kappa shape index (κ2) is 4.76. The second-order valence-electron chi connectivity index (χ2n) is 3.44. The Morgan fingerprint density at radius 2 is 1.40 bits per heavy atom. The molecule has 1 fully saturated rings. The van der Waals surface area contributed by atoms with Crippen molar-refractivity contribution < 1.29 is 0 Å². The van der Waals surface area contributed by atoms with E-state index in [1.54, 1.807) is 0 Å². The lowest BCUT2D eigenvalue weighted by atomic mass is 9.90. The molecule has 0 heteroatoms. The van der Waals surface area contributed by atoms with Gasteiger partial charge in [-0.05, 0) is 12.3 Å². The molecule has 0 aromatic heterocycles. The molecular formula is C10H19. The highest BCUT2D eigenvalue weighted by Gasteiger charge is 2.08. The Hall–Kier alpha value is 0. The maximum absolute atomic E-state index is 2.39. The van der Waals surface area contributed by atoms with Gasteiger partial charge in [0, 0.05) is 0 Å². The van der Waals surface area contributed by atoms with Gasteiger partial charge >= 0.3 is 0 Å². The van der Waals surface area contributed by atoms with Crippen LogP contribution < -0.4 is 0 Å². The maximum Gasteiger partial charge on any atom is -0.0386 e. The molecule has 0 saturated heterocycles. The Morgan fingerprint density at radius 1 is 0.900 bits per heavy atom. The van der Waals surface area contributed by atoms with Crippen molar-refractivity contribution in [3.8, 4) is 0 Å². The van der Waals surface area contributed by atoms with Crippen molar-refractivity contribution in [2.75, 3.05) is 0 Å². The third-order valence-electron chi connectivity index (χ3n) is 2.62. The Morgan fingerprint density at radius 3 is 1.90 bits per heavy atom. The lowest BCUT2D eigenvalue weighted by molar-refractivity contribution is 0.416. The van der Waals surface area contributed by atoms with Crippen LogP contribution in [-0.4, -0.2) is 0 Å². The van der Waals surface area contributed by atoms with Gasteiger partial charge in [-0.1, -0.05) is 51.9 Å². The van der Waals surface area contributed by atoms with Crippen LogP contribution in [0.4, 0.5) is 0 Å². The highest BCUT2D eigenvalue weighted by Crippen LogP contribution is 2.23. The van der Waals surface area contributed by atoms with E-state index in [9.17, 15) is 0 Å². The Labute approximate surface area is 65.0 Å². The normalized spacial score (nSPS) is 23.7. The summed E-state index contributed by atoms with van der Waals surface area (Å²) >= 11 is 0. The van der Waals surface area contributed by atoms with Crippen molar-refractivity contribution in [2.45, 2.75) is 51.9 Å². The van der Waals surface area contributed by atoms with Crippen molar-refractivity contribution in [3.05, 3.63) is 6.42 Å².